The zero-order chi connectivity index (χ0) is 25.0. The van der Waals surface area contributed by atoms with Gasteiger partial charge in [0, 0.05) is 42.5 Å². The van der Waals surface area contributed by atoms with Crippen molar-refractivity contribution in [1.29, 1.82) is 0 Å². The summed E-state index contributed by atoms with van der Waals surface area (Å²) in [7, 11) is 0. The molecule has 10 nitrogen and oxygen atoms in total. The van der Waals surface area contributed by atoms with Gasteiger partial charge in [-0.15, -0.1) is 10.2 Å². The largest absolute Gasteiger partial charge is 0.415 e. The zero-order valence-electron chi connectivity index (χ0n) is 20.3. The lowest BCUT2D eigenvalue weighted by Gasteiger charge is -2.30. The number of ether oxygens (including phenoxy) is 1. The molecule has 2 aliphatic rings. The van der Waals surface area contributed by atoms with Gasteiger partial charge in [-0.1, -0.05) is 29.5 Å². The minimum atomic E-state index is -0.190. The summed E-state index contributed by atoms with van der Waals surface area (Å²) < 4.78 is 11.4. The highest BCUT2D eigenvalue weighted by Gasteiger charge is 2.21. The maximum atomic E-state index is 9.87. The first-order valence-corrected chi connectivity index (χ1v) is 13.4. The maximum Gasteiger partial charge on any atom is 0.259 e. The van der Waals surface area contributed by atoms with E-state index >= 15 is 0 Å². The third-order valence-electron chi connectivity index (χ3n) is 6.63. The highest BCUT2D eigenvalue weighted by atomic mass is 32.1. The van der Waals surface area contributed by atoms with Crippen LogP contribution in [0.5, 0.6) is 0 Å². The standard InChI is InChI=1S/C26H29N7O3S/c34-20-8-6-18(7-9-20)28-22-14-19(33-10-12-35-13-11-33)15-23(29-22)30-26-27-16-21(37-26)25-32-31-24(36-25)17-4-2-1-3-5-17/h1-5,14-16,18,20,34H,6-13H2,(H2,27,28,29,30). The highest BCUT2D eigenvalue weighted by Crippen LogP contribution is 2.33. The van der Waals surface area contributed by atoms with Crippen LogP contribution in [0.25, 0.3) is 22.2 Å². The predicted octanol–water partition coefficient (Wildman–Crippen LogP) is 4.55. The molecule has 1 aliphatic carbocycles. The summed E-state index contributed by atoms with van der Waals surface area (Å²) >= 11 is 1.43. The van der Waals surface area contributed by atoms with E-state index in [4.69, 9.17) is 14.1 Å². The van der Waals surface area contributed by atoms with Gasteiger partial charge < -0.3 is 29.8 Å². The number of nitrogens with one attached hydrogen (secondary N) is 2. The third kappa shape index (κ3) is 5.74. The minimum absolute atomic E-state index is 0.190. The topological polar surface area (TPSA) is 121 Å². The van der Waals surface area contributed by atoms with Crippen molar-refractivity contribution in [2.24, 2.45) is 0 Å². The van der Waals surface area contributed by atoms with Gasteiger partial charge in [-0.3, -0.25) is 0 Å². The Labute approximate surface area is 218 Å². The number of anilines is 4. The van der Waals surface area contributed by atoms with Crippen molar-refractivity contribution < 1.29 is 14.3 Å². The smallest absolute Gasteiger partial charge is 0.259 e. The van der Waals surface area contributed by atoms with Crippen LogP contribution in [0, 0.1) is 0 Å². The molecule has 0 spiro atoms. The molecule has 4 aromatic rings. The molecule has 0 radical (unpaired) electrons. The number of morpholine rings is 1. The van der Waals surface area contributed by atoms with E-state index in [1.165, 1.54) is 11.3 Å². The molecule has 37 heavy (non-hydrogen) atoms. The van der Waals surface area contributed by atoms with Crippen molar-refractivity contribution in [3.05, 3.63) is 48.7 Å². The number of thiazole rings is 1. The van der Waals surface area contributed by atoms with Gasteiger partial charge in [0.1, 0.15) is 16.5 Å². The van der Waals surface area contributed by atoms with Crippen LogP contribution in [0.15, 0.2) is 53.1 Å². The van der Waals surface area contributed by atoms with E-state index in [0.717, 1.165) is 60.7 Å². The van der Waals surface area contributed by atoms with Gasteiger partial charge >= 0.3 is 0 Å². The Kier molecular flexibility index (Phi) is 6.98. The first-order valence-electron chi connectivity index (χ1n) is 12.6. The van der Waals surface area contributed by atoms with Crippen LogP contribution in [0.1, 0.15) is 25.7 Å². The van der Waals surface area contributed by atoms with Crippen molar-refractivity contribution in [3.8, 4) is 22.2 Å². The molecule has 0 atom stereocenters. The molecule has 3 aromatic heterocycles. The molecule has 192 valence electrons. The molecule has 1 saturated carbocycles. The second kappa shape index (κ2) is 10.8. The summed E-state index contributed by atoms with van der Waals surface area (Å²) in [4.78, 5) is 12.4. The average Bonchev–Trinajstić information content (AvgIpc) is 3.61. The molecule has 6 rings (SSSR count). The summed E-state index contributed by atoms with van der Waals surface area (Å²) in [6.45, 7) is 3.08. The quantitative estimate of drug-likeness (QED) is 0.321. The summed E-state index contributed by atoms with van der Waals surface area (Å²) in [5, 5.41) is 25.9. The lowest BCUT2D eigenvalue weighted by atomic mass is 9.93. The van der Waals surface area contributed by atoms with E-state index in [1.54, 1.807) is 6.20 Å². The van der Waals surface area contributed by atoms with Crippen LogP contribution in [0.4, 0.5) is 22.5 Å². The van der Waals surface area contributed by atoms with Crippen LogP contribution in [-0.2, 0) is 4.74 Å². The second-order valence-corrected chi connectivity index (χ2v) is 10.3. The van der Waals surface area contributed by atoms with Gasteiger partial charge in [-0.25, -0.2) is 9.97 Å². The Morgan fingerprint density at radius 2 is 1.70 bits per heavy atom. The van der Waals surface area contributed by atoms with Gasteiger partial charge in [0.15, 0.2) is 5.13 Å². The van der Waals surface area contributed by atoms with Crippen molar-refractivity contribution in [1.82, 2.24) is 20.2 Å². The molecule has 1 aliphatic heterocycles. The van der Waals surface area contributed by atoms with E-state index in [1.807, 2.05) is 36.4 Å². The number of aromatic nitrogens is 4. The van der Waals surface area contributed by atoms with Crippen LogP contribution in [-0.4, -0.2) is 63.7 Å². The summed E-state index contributed by atoms with van der Waals surface area (Å²) in [5.74, 6) is 2.43. The van der Waals surface area contributed by atoms with Gasteiger partial charge in [0.05, 0.1) is 25.5 Å². The molecule has 0 unspecified atom stereocenters. The van der Waals surface area contributed by atoms with Crippen molar-refractivity contribution in [2.45, 2.75) is 37.8 Å². The SMILES string of the molecule is OC1CCC(Nc2cc(N3CCOCC3)cc(Nc3ncc(-c4nnc(-c5ccccc5)o4)s3)n2)CC1. The number of rotatable bonds is 7. The number of nitrogens with zero attached hydrogens (tertiary/aromatic N) is 5. The third-order valence-corrected chi connectivity index (χ3v) is 7.53. The molecule has 4 heterocycles. The van der Waals surface area contributed by atoms with Crippen molar-refractivity contribution >= 4 is 33.8 Å². The zero-order valence-corrected chi connectivity index (χ0v) is 21.2. The molecule has 1 saturated heterocycles. The fraction of sp³-hybridized carbons (Fsp3) is 0.385. The summed E-state index contributed by atoms with van der Waals surface area (Å²) in [6, 6.07) is 14.1. The molecule has 3 N–H and O–H groups in total. The average molecular weight is 520 g/mol. The molecule has 1 aromatic carbocycles. The van der Waals surface area contributed by atoms with Crippen LogP contribution < -0.4 is 15.5 Å². The molecular formula is C26H29N7O3S. The lowest BCUT2D eigenvalue weighted by Crippen LogP contribution is -2.36. The summed E-state index contributed by atoms with van der Waals surface area (Å²) in [6.07, 6.45) is 5.03. The fourth-order valence-electron chi connectivity index (χ4n) is 4.65. The van der Waals surface area contributed by atoms with Gasteiger partial charge in [-0.05, 0) is 37.8 Å². The number of hydrogen-bond donors (Lipinski definition) is 3. The number of hydrogen-bond acceptors (Lipinski definition) is 11. The Morgan fingerprint density at radius 1 is 0.946 bits per heavy atom. The summed E-state index contributed by atoms with van der Waals surface area (Å²) in [5.41, 5.74) is 1.96. The Balaban J connectivity index is 1.21. The van der Waals surface area contributed by atoms with Gasteiger partial charge in [0.2, 0.25) is 5.89 Å². The maximum absolute atomic E-state index is 9.87. The molecule has 0 bridgehead atoms. The molecular weight excluding hydrogens is 490 g/mol. The lowest BCUT2D eigenvalue weighted by molar-refractivity contribution is 0.122. The first-order chi connectivity index (χ1) is 18.2. The van der Waals surface area contributed by atoms with E-state index in [9.17, 15) is 5.11 Å². The fourth-order valence-corrected chi connectivity index (χ4v) is 5.39. The highest BCUT2D eigenvalue weighted by molar-refractivity contribution is 7.18. The van der Waals surface area contributed by atoms with E-state index in [0.29, 0.717) is 42.0 Å². The number of benzene rings is 1. The van der Waals surface area contributed by atoms with Crippen molar-refractivity contribution in [3.63, 3.8) is 0 Å². The molecule has 0 amide bonds. The number of aliphatic hydroxyl groups excluding tert-OH is 1. The predicted molar refractivity (Wildman–Crippen MR) is 143 cm³/mol. The Bertz CT molecular complexity index is 1310. The normalized spacial score (nSPS) is 20.1. The van der Waals surface area contributed by atoms with Crippen LogP contribution in [0.2, 0.25) is 0 Å². The Morgan fingerprint density at radius 3 is 2.51 bits per heavy atom. The minimum Gasteiger partial charge on any atom is -0.415 e. The number of aliphatic hydroxyl groups is 1. The van der Waals surface area contributed by atoms with Gasteiger partial charge in [0.25, 0.3) is 5.89 Å². The second-order valence-electron chi connectivity index (χ2n) is 9.28. The van der Waals surface area contributed by atoms with Gasteiger partial charge in [-0.2, -0.15) is 0 Å². The van der Waals surface area contributed by atoms with E-state index < -0.39 is 0 Å². The van der Waals surface area contributed by atoms with E-state index in [-0.39, 0.29) is 6.10 Å². The van der Waals surface area contributed by atoms with E-state index in [2.05, 4.69) is 36.8 Å². The van der Waals surface area contributed by atoms with Crippen molar-refractivity contribution in [2.75, 3.05) is 41.8 Å². The Hall–Kier alpha value is -3.54. The van der Waals surface area contributed by atoms with Crippen LogP contribution in [0.3, 0.4) is 0 Å². The molecule has 2 fully saturated rings. The monoisotopic (exact) mass is 519 g/mol. The molecule has 11 heteroatoms. The number of pyridine rings is 1. The van der Waals surface area contributed by atoms with Crippen LogP contribution >= 0.6 is 11.3 Å². The first kappa shape index (κ1) is 23.8.